The third kappa shape index (κ3) is 2.54. The SMILES string of the molecule is CN1Cc2cc(NC(C#N)=C(C#N)C#N)ccc2N(C)C1=O. The number of fused-ring (bicyclic) bond motifs is 1. The van der Waals surface area contributed by atoms with Crippen molar-refractivity contribution in [2.75, 3.05) is 24.3 Å². The maximum Gasteiger partial charge on any atom is 0.324 e. The summed E-state index contributed by atoms with van der Waals surface area (Å²) in [6.45, 7) is 0.447. The van der Waals surface area contributed by atoms with E-state index in [-0.39, 0.29) is 17.3 Å². The van der Waals surface area contributed by atoms with E-state index < -0.39 is 0 Å². The van der Waals surface area contributed by atoms with Gasteiger partial charge in [0, 0.05) is 26.3 Å². The van der Waals surface area contributed by atoms with E-state index >= 15 is 0 Å². The number of amides is 2. The molecule has 1 aromatic carbocycles. The summed E-state index contributed by atoms with van der Waals surface area (Å²) in [6.07, 6.45) is 0. The number of rotatable bonds is 2. The molecule has 1 aliphatic heterocycles. The molecule has 0 atom stereocenters. The predicted octanol–water partition coefficient (Wildman–Crippen LogP) is 1.92. The van der Waals surface area contributed by atoms with Gasteiger partial charge in [0.25, 0.3) is 0 Å². The Bertz CT molecular complexity index is 774. The highest BCUT2D eigenvalue weighted by molar-refractivity contribution is 5.94. The monoisotopic (exact) mass is 292 g/mol. The van der Waals surface area contributed by atoms with Crippen LogP contribution in [0.1, 0.15) is 5.56 Å². The van der Waals surface area contributed by atoms with Crippen molar-refractivity contribution in [1.82, 2.24) is 4.90 Å². The van der Waals surface area contributed by atoms with E-state index in [9.17, 15) is 4.79 Å². The van der Waals surface area contributed by atoms with Crippen LogP contribution < -0.4 is 10.2 Å². The molecule has 22 heavy (non-hydrogen) atoms. The normalized spacial score (nSPS) is 12.6. The molecule has 0 bridgehead atoms. The van der Waals surface area contributed by atoms with E-state index in [1.807, 2.05) is 0 Å². The number of carbonyl (C=O) groups is 1. The van der Waals surface area contributed by atoms with E-state index in [1.165, 1.54) is 0 Å². The van der Waals surface area contributed by atoms with Crippen LogP contribution in [0.15, 0.2) is 29.5 Å². The van der Waals surface area contributed by atoms with Gasteiger partial charge in [0.1, 0.15) is 23.9 Å². The molecule has 108 valence electrons. The fraction of sp³-hybridized carbons (Fsp3) is 0.200. The Morgan fingerprint density at radius 2 is 1.86 bits per heavy atom. The van der Waals surface area contributed by atoms with E-state index in [1.54, 1.807) is 60.3 Å². The standard InChI is InChI=1S/C15H12N6O/c1-20-9-10-5-12(3-4-14(10)21(2)15(20)22)19-13(8-18)11(6-16)7-17/h3-5,19H,9H2,1-2H3. The molecule has 0 radical (unpaired) electrons. The molecule has 1 aliphatic rings. The third-order valence-corrected chi connectivity index (χ3v) is 3.32. The van der Waals surface area contributed by atoms with Crippen molar-refractivity contribution in [2.45, 2.75) is 6.54 Å². The van der Waals surface area contributed by atoms with Crippen molar-refractivity contribution < 1.29 is 4.79 Å². The molecular formula is C15H12N6O. The number of nitrogens with one attached hydrogen (secondary N) is 1. The molecule has 0 aliphatic carbocycles. The minimum atomic E-state index is -0.273. The highest BCUT2D eigenvalue weighted by Gasteiger charge is 2.25. The first-order valence-corrected chi connectivity index (χ1v) is 6.35. The van der Waals surface area contributed by atoms with Gasteiger partial charge < -0.3 is 10.2 Å². The molecule has 1 N–H and O–H groups in total. The lowest BCUT2D eigenvalue weighted by Crippen LogP contribution is -2.42. The summed E-state index contributed by atoms with van der Waals surface area (Å²) in [4.78, 5) is 15.0. The smallest absolute Gasteiger partial charge is 0.324 e. The van der Waals surface area contributed by atoms with Gasteiger partial charge in [-0.05, 0) is 23.8 Å². The molecule has 0 saturated heterocycles. The Hall–Kier alpha value is -3.50. The van der Waals surface area contributed by atoms with Gasteiger partial charge in [-0.3, -0.25) is 4.90 Å². The number of hydrogen-bond acceptors (Lipinski definition) is 5. The van der Waals surface area contributed by atoms with Gasteiger partial charge >= 0.3 is 6.03 Å². The third-order valence-electron chi connectivity index (χ3n) is 3.32. The molecular weight excluding hydrogens is 280 g/mol. The number of hydrogen-bond donors (Lipinski definition) is 1. The van der Waals surface area contributed by atoms with Crippen LogP contribution >= 0.6 is 0 Å². The minimum absolute atomic E-state index is 0.0953. The van der Waals surface area contributed by atoms with Gasteiger partial charge in [-0.15, -0.1) is 0 Å². The molecule has 0 unspecified atom stereocenters. The van der Waals surface area contributed by atoms with Crippen LogP contribution in [-0.4, -0.2) is 25.0 Å². The lowest BCUT2D eigenvalue weighted by Gasteiger charge is -2.32. The van der Waals surface area contributed by atoms with Crippen LogP contribution in [0.3, 0.4) is 0 Å². The molecule has 0 aromatic heterocycles. The van der Waals surface area contributed by atoms with Crippen molar-refractivity contribution in [3.8, 4) is 18.2 Å². The first-order valence-electron chi connectivity index (χ1n) is 6.35. The summed E-state index contributed by atoms with van der Waals surface area (Å²) in [6, 6.07) is 10.3. The second-order valence-corrected chi connectivity index (χ2v) is 4.75. The first kappa shape index (κ1) is 14.9. The summed E-state index contributed by atoms with van der Waals surface area (Å²) in [5.74, 6) is 0. The molecule has 1 heterocycles. The highest BCUT2D eigenvalue weighted by Crippen LogP contribution is 2.29. The van der Waals surface area contributed by atoms with Crippen molar-refractivity contribution in [2.24, 2.45) is 0 Å². The van der Waals surface area contributed by atoms with E-state index in [4.69, 9.17) is 15.8 Å². The fourth-order valence-corrected chi connectivity index (χ4v) is 2.23. The summed E-state index contributed by atoms with van der Waals surface area (Å²) in [5.41, 5.74) is 1.90. The lowest BCUT2D eigenvalue weighted by molar-refractivity contribution is 0.212. The van der Waals surface area contributed by atoms with Crippen molar-refractivity contribution in [1.29, 1.82) is 15.8 Å². The number of benzene rings is 1. The van der Waals surface area contributed by atoms with E-state index in [0.717, 1.165) is 11.3 Å². The molecule has 7 heteroatoms. The second kappa shape index (κ2) is 5.87. The topological polar surface area (TPSA) is 107 Å². The van der Waals surface area contributed by atoms with Crippen LogP contribution in [0, 0.1) is 34.0 Å². The maximum atomic E-state index is 11.9. The van der Waals surface area contributed by atoms with Gasteiger partial charge in [-0.1, -0.05) is 0 Å². The molecule has 0 spiro atoms. The molecule has 1 aromatic rings. The van der Waals surface area contributed by atoms with Crippen LogP contribution in [-0.2, 0) is 6.54 Å². The minimum Gasteiger partial charge on any atom is -0.345 e. The molecule has 0 fully saturated rings. The van der Waals surface area contributed by atoms with Crippen LogP contribution in [0.5, 0.6) is 0 Å². The Labute approximate surface area is 127 Å². The van der Waals surface area contributed by atoms with Crippen molar-refractivity contribution in [3.05, 3.63) is 35.0 Å². The van der Waals surface area contributed by atoms with Gasteiger partial charge in [-0.2, -0.15) is 15.8 Å². The van der Waals surface area contributed by atoms with Crippen LogP contribution in [0.25, 0.3) is 0 Å². The lowest BCUT2D eigenvalue weighted by atomic mass is 10.1. The number of urea groups is 1. The Balaban J connectivity index is 2.38. The second-order valence-electron chi connectivity index (χ2n) is 4.75. The number of carbonyl (C=O) groups excluding carboxylic acids is 1. The van der Waals surface area contributed by atoms with E-state index in [2.05, 4.69) is 5.32 Å². The Kier molecular flexibility index (Phi) is 3.97. The van der Waals surface area contributed by atoms with Crippen LogP contribution in [0.2, 0.25) is 0 Å². The number of nitriles is 3. The Morgan fingerprint density at radius 1 is 1.18 bits per heavy atom. The van der Waals surface area contributed by atoms with Gasteiger partial charge in [0.2, 0.25) is 0 Å². The highest BCUT2D eigenvalue weighted by atomic mass is 16.2. The van der Waals surface area contributed by atoms with Gasteiger partial charge in [0.05, 0.1) is 5.69 Å². The van der Waals surface area contributed by atoms with Crippen LogP contribution in [0.4, 0.5) is 16.2 Å². The summed E-state index contributed by atoms with van der Waals surface area (Å²) >= 11 is 0. The van der Waals surface area contributed by atoms with Gasteiger partial charge in [-0.25, -0.2) is 4.79 Å². The first-order chi connectivity index (χ1) is 10.5. The largest absolute Gasteiger partial charge is 0.345 e. The molecule has 0 saturated carbocycles. The average Bonchev–Trinajstić information content (AvgIpc) is 2.52. The molecule has 2 amide bonds. The number of anilines is 2. The Morgan fingerprint density at radius 3 is 2.45 bits per heavy atom. The number of allylic oxidation sites excluding steroid dienone is 2. The summed E-state index contributed by atoms with van der Waals surface area (Å²) < 4.78 is 0. The summed E-state index contributed by atoms with van der Waals surface area (Å²) in [5, 5.41) is 29.5. The molecule has 2 rings (SSSR count). The predicted molar refractivity (Wildman–Crippen MR) is 79.2 cm³/mol. The summed E-state index contributed by atoms with van der Waals surface area (Å²) in [7, 11) is 3.39. The average molecular weight is 292 g/mol. The maximum absolute atomic E-state index is 11.9. The quantitative estimate of drug-likeness (QED) is 0.838. The van der Waals surface area contributed by atoms with Gasteiger partial charge in [0.15, 0.2) is 5.57 Å². The molecule has 7 nitrogen and oxygen atoms in total. The number of nitrogens with zero attached hydrogens (tertiary/aromatic N) is 5. The zero-order valence-corrected chi connectivity index (χ0v) is 12.1. The fourth-order valence-electron chi connectivity index (χ4n) is 2.23. The van der Waals surface area contributed by atoms with E-state index in [0.29, 0.717) is 12.2 Å². The van der Waals surface area contributed by atoms with Crippen molar-refractivity contribution >= 4 is 17.4 Å². The zero-order valence-electron chi connectivity index (χ0n) is 12.1. The zero-order chi connectivity index (χ0) is 16.3. The van der Waals surface area contributed by atoms with Crippen molar-refractivity contribution in [3.63, 3.8) is 0 Å².